The fourth-order valence-electron chi connectivity index (χ4n) is 2.46. The molecular weight excluding hydrogens is 292 g/mol. The summed E-state index contributed by atoms with van der Waals surface area (Å²) in [6, 6.07) is 3.26. The summed E-state index contributed by atoms with van der Waals surface area (Å²) in [6.07, 6.45) is 0.849. The molecule has 118 valence electrons. The molecule has 0 heterocycles. The molecule has 0 aromatic heterocycles. The second-order valence-corrected chi connectivity index (χ2v) is 6.20. The van der Waals surface area contributed by atoms with E-state index >= 15 is 0 Å². The van der Waals surface area contributed by atoms with Crippen LogP contribution in [-0.2, 0) is 4.79 Å². The minimum absolute atomic E-state index is 0.271. The fourth-order valence-corrected chi connectivity index (χ4v) is 2.79. The maximum absolute atomic E-state index is 11.1. The van der Waals surface area contributed by atoms with Crippen LogP contribution in [0.1, 0.15) is 38.3 Å². The van der Waals surface area contributed by atoms with Crippen LogP contribution in [-0.4, -0.2) is 20.1 Å². The molecule has 0 aliphatic rings. The molecule has 0 radical (unpaired) electrons. The number of hydrogen-bond acceptors (Lipinski definition) is 4. The van der Waals surface area contributed by atoms with Gasteiger partial charge in [-0.2, -0.15) is 0 Å². The third-order valence-corrected chi connectivity index (χ3v) is 3.70. The molecule has 0 bridgehead atoms. The van der Waals surface area contributed by atoms with Crippen LogP contribution in [0.2, 0.25) is 5.02 Å². The Hall–Kier alpha value is -1.46. The lowest BCUT2D eigenvalue weighted by Crippen LogP contribution is -2.27. The topological polar surface area (TPSA) is 87.6 Å². The van der Waals surface area contributed by atoms with Gasteiger partial charge in [-0.05, 0) is 24.0 Å². The monoisotopic (exact) mass is 314 g/mol. The standard InChI is InChI=1S/C15H23ClN2O3/c1-15(2,8-12(18)19)7-10(17)9-5-6-11(20-3)13(16)14(9)21-4/h5-6,10H,7-8,17H2,1-4H3,(H2,18,19). The maximum atomic E-state index is 11.1. The average Bonchev–Trinajstić information content (AvgIpc) is 2.35. The highest BCUT2D eigenvalue weighted by Crippen LogP contribution is 2.41. The van der Waals surface area contributed by atoms with Gasteiger partial charge in [0.1, 0.15) is 16.5 Å². The van der Waals surface area contributed by atoms with Crippen LogP contribution in [0, 0.1) is 5.41 Å². The Morgan fingerprint density at radius 1 is 1.33 bits per heavy atom. The van der Waals surface area contributed by atoms with Gasteiger partial charge in [0.15, 0.2) is 0 Å². The van der Waals surface area contributed by atoms with Gasteiger partial charge in [0.2, 0.25) is 5.91 Å². The molecule has 1 atom stereocenters. The van der Waals surface area contributed by atoms with Crippen molar-refractivity contribution >= 4 is 17.5 Å². The van der Waals surface area contributed by atoms with Crippen LogP contribution in [0.3, 0.4) is 0 Å². The van der Waals surface area contributed by atoms with Crippen LogP contribution in [0.25, 0.3) is 0 Å². The van der Waals surface area contributed by atoms with Crippen LogP contribution in [0.5, 0.6) is 11.5 Å². The van der Waals surface area contributed by atoms with E-state index in [0.717, 1.165) is 5.56 Å². The van der Waals surface area contributed by atoms with Gasteiger partial charge in [-0.3, -0.25) is 4.79 Å². The summed E-state index contributed by atoms with van der Waals surface area (Å²) in [5.41, 5.74) is 12.0. The lowest BCUT2D eigenvalue weighted by Gasteiger charge is -2.28. The first kappa shape index (κ1) is 17.6. The van der Waals surface area contributed by atoms with E-state index in [9.17, 15) is 4.79 Å². The van der Waals surface area contributed by atoms with Crippen LogP contribution < -0.4 is 20.9 Å². The number of benzene rings is 1. The van der Waals surface area contributed by atoms with Crippen molar-refractivity contribution in [3.8, 4) is 11.5 Å². The van der Waals surface area contributed by atoms with E-state index in [1.165, 1.54) is 14.2 Å². The number of hydrogen-bond donors (Lipinski definition) is 2. The van der Waals surface area contributed by atoms with Crippen molar-refractivity contribution in [1.29, 1.82) is 0 Å². The summed E-state index contributed by atoms with van der Waals surface area (Å²) >= 11 is 6.23. The minimum Gasteiger partial charge on any atom is -0.495 e. The normalized spacial score (nSPS) is 12.9. The summed E-state index contributed by atoms with van der Waals surface area (Å²) < 4.78 is 10.5. The molecule has 6 heteroatoms. The number of methoxy groups -OCH3 is 2. The van der Waals surface area contributed by atoms with Gasteiger partial charge in [-0.1, -0.05) is 25.4 Å². The minimum atomic E-state index is -0.341. The molecule has 1 rings (SSSR count). The second kappa shape index (κ2) is 7.00. The van der Waals surface area contributed by atoms with E-state index in [4.69, 9.17) is 32.5 Å². The largest absolute Gasteiger partial charge is 0.495 e. The first-order valence-electron chi connectivity index (χ1n) is 6.66. The van der Waals surface area contributed by atoms with E-state index in [1.807, 2.05) is 19.9 Å². The van der Waals surface area contributed by atoms with Gasteiger partial charge in [-0.15, -0.1) is 0 Å². The molecule has 21 heavy (non-hydrogen) atoms. The molecule has 5 nitrogen and oxygen atoms in total. The van der Waals surface area contributed by atoms with E-state index < -0.39 is 0 Å². The highest BCUT2D eigenvalue weighted by atomic mass is 35.5. The number of rotatable bonds is 7. The zero-order valence-corrected chi connectivity index (χ0v) is 13.7. The van der Waals surface area contributed by atoms with Crippen LogP contribution in [0.15, 0.2) is 12.1 Å². The molecule has 0 spiro atoms. The highest BCUT2D eigenvalue weighted by molar-refractivity contribution is 6.33. The van der Waals surface area contributed by atoms with E-state index in [0.29, 0.717) is 22.9 Å². The Bertz CT molecular complexity index is 518. The number of ether oxygens (including phenoxy) is 2. The third kappa shape index (κ3) is 4.51. The summed E-state index contributed by atoms with van der Waals surface area (Å²) in [5.74, 6) is 0.686. The number of carbonyl (C=O) groups is 1. The third-order valence-electron chi connectivity index (χ3n) is 3.34. The molecule has 1 amide bonds. The molecule has 1 unspecified atom stereocenters. The molecule has 1 aromatic carbocycles. The van der Waals surface area contributed by atoms with Gasteiger partial charge < -0.3 is 20.9 Å². The number of primary amides is 1. The molecule has 4 N–H and O–H groups in total. The van der Waals surface area contributed by atoms with Crippen LogP contribution in [0.4, 0.5) is 0 Å². The zero-order chi connectivity index (χ0) is 16.2. The smallest absolute Gasteiger partial charge is 0.217 e. The van der Waals surface area contributed by atoms with Crippen molar-refractivity contribution in [2.75, 3.05) is 14.2 Å². The highest BCUT2D eigenvalue weighted by Gasteiger charge is 2.27. The van der Waals surface area contributed by atoms with Gasteiger partial charge in [0.25, 0.3) is 0 Å². The Morgan fingerprint density at radius 3 is 2.43 bits per heavy atom. The molecule has 1 aromatic rings. The maximum Gasteiger partial charge on any atom is 0.217 e. The summed E-state index contributed by atoms with van der Waals surface area (Å²) in [5, 5.41) is 0.389. The number of carbonyl (C=O) groups excluding carboxylic acids is 1. The SMILES string of the molecule is COc1ccc(C(N)CC(C)(C)CC(N)=O)c(OC)c1Cl. The first-order chi connectivity index (χ1) is 9.71. The number of nitrogens with two attached hydrogens (primary N) is 2. The Kier molecular flexibility index (Phi) is 5.87. The molecular formula is C15H23ClN2O3. The summed E-state index contributed by atoms with van der Waals surface area (Å²) in [7, 11) is 3.07. The van der Waals surface area contributed by atoms with Crippen molar-refractivity contribution < 1.29 is 14.3 Å². The Balaban J connectivity index is 3.05. The zero-order valence-electron chi connectivity index (χ0n) is 12.9. The average molecular weight is 315 g/mol. The van der Waals surface area contributed by atoms with Crippen LogP contribution >= 0.6 is 11.6 Å². The van der Waals surface area contributed by atoms with Crippen molar-refractivity contribution in [1.82, 2.24) is 0 Å². The fraction of sp³-hybridized carbons (Fsp3) is 0.533. The molecule has 0 saturated carbocycles. The van der Waals surface area contributed by atoms with Gasteiger partial charge in [-0.25, -0.2) is 0 Å². The number of halogens is 1. The van der Waals surface area contributed by atoms with E-state index in [2.05, 4.69) is 0 Å². The molecule has 0 aliphatic carbocycles. The molecule has 0 aliphatic heterocycles. The Morgan fingerprint density at radius 2 is 1.95 bits per heavy atom. The predicted octanol–water partition coefficient (Wildman–Crippen LogP) is 2.65. The van der Waals surface area contributed by atoms with Gasteiger partial charge >= 0.3 is 0 Å². The lowest BCUT2D eigenvalue weighted by molar-refractivity contribution is -0.120. The van der Waals surface area contributed by atoms with Crippen molar-refractivity contribution in [2.24, 2.45) is 16.9 Å². The summed E-state index contributed by atoms with van der Waals surface area (Å²) in [4.78, 5) is 11.1. The first-order valence-corrected chi connectivity index (χ1v) is 7.04. The lowest BCUT2D eigenvalue weighted by atomic mass is 9.80. The molecule has 0 saturated heterocycles. The van der Waals surface area contributed by atoms with E-state index in [1.54, 1.807) is 6.07 Å². The predicted molar refractivity (Wildman–Crippen MR) is 83.7 cm³/mol. The van der Waals surface area contributed by atoms with Gasteiger partial charge in [0.05, 0.1) is 14.2 Å². The Labute approximate surface area is 130 Å². The van der Waals surface area contributed by atoms with Crippen molar-refractivity contribution in [3.05, 3.63) is 22.7 Å². The number of amides is 1. The second-order valence-electron chi connectivity index (χ2n) is 5.82. The van der Waals surface area contributed by atoms with Crippen molar-refractivity contribution in [2.45, 2.75) is 32.7 Å². The quantitative estimate of drug-likeness (QED) is 0.810. The van der Waals surface area contributed by atoms with E-state index in [-0.39, 0.29) is 23.8 Å². The van der Waals surface area contributed by atoms with Gasteiger partial charge in [0, 0.05) is 18.0 Å². The molecule has 0 fully saturated rings. The van der Waals surface area contributed by atoms with Crippen molar-refractivity contribution in [3.63, 3.8) is 0 Å². The summed E-state index contributed by atoms with van der Waals surface area (Å²) in [6.45, 7) is 3.91.